The maximum Gasteiger partial charge on any atom is 0.0936 e. The molecule has 1 fully saturated rings. The highest BCUT2D eigenvalue weighted by molar-refractivity contribution is 4.90. The van der Waals surface area contributed by atoms with Gasteiger partial charge < -0.3 is 9.84 Å². The van der Waals surface area contributed by atoms with Gasteiger partial charge >= 0.3 is 0 Å². The van der Waals surface area contributed by atoms with Crippen LogP contribution in [0.1, 0.15) is 45.4 Å². The Hall–Kier alpha value is -0.0800. The van der Waals surface area contributed by atoms with E-state index in [4.69, 9.17) is 4.74 Å². The Bertz CT molecular complexity index is 128. The molecule has 1 saturated carbocycles. The summed E-state index contributed by atoms with van der Waals surface area (Å²) >= 11 is 0. The minimum absolute atomic E-state index is 0.215. The van der Waals surface area contributed by atoms with Crippen LogP contribution in [-0.2, 0) is 4.74 Å². The molecule has 0 radical (unpaired) electrons. The third kappa shape index (κ3) is 1.80. The summed E-state index contributed by atoms with van der Waals surface area (Å²) < 4.78 is 5.48. The van der Waals surface area contributed by atoms with Crippen molar-refractivity contribution in [3.05, 3.63) is 0 Å². The van der Waals surface area contributed by atoms with E-state index in [-0.39, 0.29) is 11.7 Å². The monoisotopic (exact) mass is 172 g/mol. The van der Waals surface area contributed by atoms with Crippen LogP contribution >= 0.6 is 0 Å². The molecule has 1 atom stereocenters. The quantitative estimate of drug-likeness (QED) is 0.706. The van der Waals surface area contributed by atoms with Crippen LogP contribution in [0.25, 0.3) is 0 Å². The molecule has 0 aliphatic heterocycles. The molecular formula is C10H20O2. The van der Waals surface area contributed by atoms with Gasteiger partial charge in [0, 0.05) is 7.11 Å². The molecule has 2 nitrogen and oxygen atoms in total. The summed E-state index contributed by atoms with van der Waals surface area (Å²) in [6.45, 7) is 2.01. The standard InChI is InChI=1S/C10H20O2/c1-3-9(11)10(12-2)7-5-4-6-8-10/h9,11H,3-8H2,1-2H3. The molecule has 0 bridgehead atoms. The van der Waals surface area contributed by atoms with Crippen molar-refractivity contribution >= 4 is 0 Å². The average Bonchev–Trinajstić information content (AvgIpc) is 2.17. The second-order valence-corrected chi connectivity index (χ2v) is 3.75. The number of methoxy groups -OCH3 is 1. The second-order valence-electron chi connectivity index (χ2n) is 3.75. The van der Waals surface area contributed by atoms with Crippen molar-refractivity contribution in [1.82, 2.24) is 0 Å². The summed E-state index contributed by atoms with van der Waals surface area (Å²) in [6.07, 6.45) is 6.27. The van der Waals surface area contributed by atoms with E-state index in [1.807, 2.05) is 6.92 Å². The molecule has 0 aromatic rings. The SMILES string of the molecule is CCC(O)C1(OC)CCCCC1. The first-order chi connectivity index (χ1) is 5.75. The molecular weight excluding hydrogens is 152 g/mol. The van der Waals surface area contributed by atoms with Crippen LogP contribution in [-0.4, -0.2) is 23.9 Å². The highest BCUT2D eigenvalue weighted by Crippen LogP contribution is 2.34. The zero-order chi connectivity index (χ0) is 9.03. The van der Waals surface area contributed by atoms with E-state index in [1.165, 1.54) is 19.3 Å². The van der Waals surface area contributed by atoms with Gasteiger partial charge in [0.05, 0.1) is 11.7 Å². The smallest absolute Gasteiger partial charge is 0.0936 e. The maximum absolute atomic E-state index is 9.81. The summed E-state index contributed by atoms with van der Waals surface area (Å²) in [5.41, 5.74) is -0.215. The Morgan fingerprint density at radius 3 is 2.33 bits per heavy atom. The Morgan fingerprint density at radius 2 is 1.92 bits per heavy atom. The zero-order valence-electron chi connectivity index (χ0n) is 8.18. The molecule has 0 heterocycles. The van der Waals surface area contributed by atoms with Gasteiger partial charge in [0.2, 0.25) is 0 Å². The molecule has 2 heteroatoms. The minimum atomic E-state index is -0.275. The van der Waals surface area contributed by atoms with Crippen molar-refractivity contribution in [3.63, 3.8) is 0 Å². The van der Waals surface area contributed by atoms with Gasteiger partial charge in [0.25, 0.3) is 0 Å². The van der Waals surface area contributed by atoms with Crippen LogP contribution in [0.15, 0.2) is 0 Å². The fourth-order valence-corrected chi connectivity index (χ4v) is 2.20. The number of ether oxygens (including phenoxy) is 1. The van der Waals surface area contributed by atoms with Crippen LogP contribution in [0.5, 0.6) is 0 Å². The molecule has 1 aliphatic rings. The molecule has 0 spiro atoms. The lowest BCUT2D eigenvalue weighted by Gasteiger charge is -2.39. The molecule has 12 heavy (non-hydrogen) atoms. The van der Waals surface area contributed by atoms with E-state index < -0.39 is 0 Å². The number of aliphatic hydroxyl groups excluding tert-OH is 1. The van der Waals surface area contributed by atoms with Crippen molar-refractivity contribution in [2.24, 2.45) is 0 Å². The van der Waals surface area contributed by atoms with Gasteiger partial charge in [-0.25, -0.2) is 0 Å². The van der Waals surface area contributed by atoms with Gasteiger partial charge in [-0.05, 0) is 19.3 Å². The third-order valence-electron chi connectivity index (χ3n) is 3.10. The molecule has 1 aliphatic carbocycles. The number of hydrogen-bond donors (Lipinski definition) is 1. The van der Waals surface area contributed by atoms with Gasteiger partial charge in [-0.2, -0.15) is 0 Å². The summed E-state index contributed by atoms with van der Waals surface area (Å²) in [5, 5.41) is 9.81. The Labute approximate surface area is 74.9 Å². The highest BCUT2D eigenvalue weighted by atomic mass is 16.5. The summed E-state index contributed by atoms with van der Waals surface area (Å²) in [5.74, 6) is 0. The van der Waals surface area contributed by atoms with E-state index in [0.29, 0.717) is 0 Å². The van der Waals surface area contributed by atoms with Gasteiger partial charge in [0.1, 0.15) is 0 Å². The normalized spacial score (nSPS) is 25.2. The van der Waals surface area contributed by atoms with E-state index in [0.717, 1.165) is 19.3 Å². The lowest BCUT2D eigenvalue weighted by molar-refractivity contribution is -0.123. The molecule has 0 amide bonds. The average molecular weight is 172 g/mol. The molecule has 1 rings (SSSR count). The summed E-state index contributed by atoms with van der Waals surface area (Å²) in [6, 6.07) is 0. The van der Waals surface area contributed by atoms with Crippen LogP contribution in [0.3, 0.4) is 0 Å². The van der Waals surface area contributed by atoms with Crippen LogP contribution < -0.4 is 0 Å². The minimum Gasteiger partial charge on any atom is -0.390 e. The van der Waals surface area contributed by atoms with Crippen molar-refractivity contribution < 1.29 is 9.84 Å². The molecule has 0 aromatic carbocycles. The van der Waals surface area contributed by atoms with E-state index in [2.05, 4.69) is 0 Å². The van der Waals surface area contributed by atoms with E-state index in [9.17, 15) is 5.11 Å². The van der Waals surface area contributed by atoms with Crippen molar-refractivity contribution in [2.75, 3.05) is 7.11 Å². The summed E-state index contributed by atoms with van der Waals surface area (Å²) in [4.78, 5) is 0. The van der Waals surface area contributed by atoms with Gasteiger partial charge in [-0.1, -0.05) is 26.2 Å². The van der Waals surface area contributed by atoms with E-state index >= 15 is 0 Å². The molecule has 0 aromatic heterocycles. The second kappa shape index (κ2) is 4.24. The van der Waals surface area contributed by atoms with Crippen molar-refractivity contribution in [1.29, 1.82) is 0 Å². The molecule has 0 saturated heterocycles. The van der Waals surface area contributed by atoms with Crippen molar-refractivity contribution in [3.8, 4) is 0 Å². The van der Waals surface area contributed by atoms with Crippen LogP contribution in [0, 0.1) is 0 Å². The predicted molar refractivity (Wildman–Crippen MR) is 49.1 cm³/mol. The fraction of sp³-hybridized carbons (Fsp3) is 1.00. The number of rotatable bonds is 3. The third-order valence-corrected chi connectivity index (χ3v) is 3.10. The summed E-state index contributed by atoms with van der Waals surface area (Å²) in [7, 11) is 1.73. The van der Waals surface area contributed by atoms with Crippen LogP contribution in [0.2, 0.25) is 0 Å². The van der Waals surface area contributed by atoms with Gasteiger partial charge in [-0.15, -0.1) is 0 Å². The predicted octanol–water partition coefficient (Wildman–Crippen LogP) is 2.11. The topological polar surface area (TPSA) is 29.5 Å². The lowest BCUT2D eigenvalue weighted by Crippen LogP contribution is -2.45. The van der Waals surface area contributed by atoms with Gasteiger partial charge in [-0.3, -0.25) is 0 Å². The van der Waals surface area contributed by atoms with Gasteiger partial charge in [0.15, 0.2) is 0 Å². The molecule has 72 valence electrons. The maximum atomic E-state index is 9.81. The highest BCUT2D eigenvalue weighted by Gasteiger charge is 2.37. The zero-order valence-corrected chi connectivity index (χ0v) is 8.18. The van der Waals surface area contributed by atoms with Crippen LogP contribution in [0.4, 0.5) is 0 Å². The first-order valence-electron chi connectivity index (χ1n) is 4.98. The Kier molecular flexibility index (Phi) is 3.53. The number of hydrogen-bond acceptors (Lipinski definition) is 2. The lowest BCUT2D eigenvalue weighted by atomic mass is 9.79. The first kappa shape index (κ1) is 10.0. The fourth-order valence-electron chi connectivity index (χ4n) is 2.20. The first-order valence-corrected chi connectivity index (χ1v) is 4.98. The Morgan fingerprint density at radius 1 is 1.33 bits per heavy atom. The number of aliphatic hydroxyl groups is 1. The Balaban J connectivity index is 2.59. The molecule has 1 unspecified atom stereocenters. The largest absolute Gasteiger partial charge is 0.390 e. The van der Waals surface area contributed by atoms with E-state index in [1.54, 1.807) is 7.11 Å². The van der Waals surface area contributed by atoms with Crippen molar-refractivity contribution in [2.45, 2.75) is 57.2 Å². The molecule has 1 N–H and O–H groups in total.